The van der Waals surface area contributed by atoms with E-state index >= 15 is 0 Å². The molecule has 0 atom stereocenters. The van der Waals surface area contributed by atoms with E-state index in [9.17, 15) is 4.79 Å². The molecule has 1 N–H and O–H groups in total. The number of aromatic nitrogens is 1. The first-order chi connectivity index (χ1) is 9.60. The molecule has 0 fully saturated rings. The Morgan fingerprint density at radius 1 is 1.35 bits per heavy atom. The fourth-order valence-electron chi connectivity index (χ4n) is 1.71. The lowest BCUT2D eigenvalue weighted by molar-refractivity contribution is 0.0526. The lowest BCUT2D eigenvalue weighted by Gasteiger charge is -2.09. The Kier molecular flexibility index (Phi) is 4.74. The van der Waals surface area contributed by atoms with Crippen molar-refractivity contribution in [3.05, 3.63) is 52.1 Å². The summed E-state index contributed by atoms with van der Waals surface area (Å²) in [6.07, 6.45) is 1.51. The predicted octanol–water partition coefficient (Wildman–Crippen LogP) is 4.07. The third-order valence-electron chi connectivity index (χ3n) is 2.73. The Balaban J connectivity index is 2.12. The first-order valence-corrected chi connectivity index (χ1v) is 7.06. The first-order valence-electron chi connectivity index (χ1n) is 6.26. The molecular formula is C15H15BrN2O2. The monoisotopic (exact) mass is 334 g/mol. The van der Waals surface area contributed by atoms with Crippen LogP contribution in [0, 0.1) is 6.92 Å². The summed E-state index contributed by atoms with van der Waals surface area (Å²) in [5.74, 6) is 0.329. The lowest BCUT2D eigenvalue weighted by atomic mass is 10.2. The van der Waals surface area contributed by atoms with Crippen molar-refractivity contribution in [2.24, 2.45) is 0 Å². The van der Waals surface area contributed by atoms with Gasteiger partial charge in [-0.05, 0) is 49.7 Å². The number of carbonyl (C=O) groups excluding carboxylic acids is 1. The van der Waals surface area contributed by atoms with Crippen LogP contribution in [0.3, 0.4) is 0 Å². The van der Waals surface area contributed by atoms with Gasteiger partial charge in [-0.1, -0.05) is 15.9 Å². The van der Waals surface area contributed by atoms with Crippen molar-refractivity contribution < 1.29 is 9.53 Å². The minimum atomic E-state index is -0.355. The second-order valence-corrected chi connectivity index (χ2v) is 5.15. The molecule has 1 aromatic carbocycles. The number of hydrogen-bond acceptors (Lipinski definition) is 4. The van der Waals surface area contributed by atoms with Crippen LogP contribution in [0.1, 0.15) is 22.8 Å². The predicted molar refractivity (Wildman–Crippen MR) is 82.4 cm³/mol. The maximum Gasteiger partial charge on any atom is 0.339 e. The smallest absolute Gasteiger partial charge is 0.339 e. The third kappa shape index (κ3) is 3.57. The van der Waals surface area contributed by atoms with Gasteiger partial charge >= 0.3 is 5.97 Å². The minimum absolute atomic E-state index is 0.355. The van der Waals surface area contributed by atoms with Gasteiger partial charge in [0.05, 0.1) is 12.2 Å². The van der Waals surface area contributed by atoms with Crippen molar-refractivity contribution in [3.8, 4) is 0 Å². The van der Waals surface area contributed by atoms with Gasteiger partial charge in [-0.3, -0.25) is 0 Å². The Bertz CT molecular complexity index is 612. The van der Waals surface area contributed by atoms with Crippen LogP contribution in [0.25, 0.3) is 0 Å². The van der Waals surface area contributed by atoms with Gasteiger partial charge in [0.25, 0.3) is 0 Å². The van der Waals surface area contributed by atoms with Crippen LogP contribution in [0.2, 0.25) is 0 Å². The van der Waals surface area contributed by atoms with Gasteiger partial charge in [0.1, 0.15) is 5.82 Å². The fraction of sp³-hybridized carbons (Fsp3) is 0.200. The van der Waals surface area contributed by atoms with Crippen molar-refractivity contribution >= 4 is 33.4 Å². The van der Waals surface area contributed by atoms with Crippen LogP contribution in [-0.2, 0) is 4.74 Å². The maximum atomic E-state index is 11.5. The van der Waals surface area contributed by atoms with Gasteiger partial charge in [-0.15, -0.1) is 0 Å². The van der Waals surface area contributed by atoms with Crippen molar-refractivity contribution in [1.82, 2.24) is 4.98 Å². The highest BCUT2D eigenvalue weighted by Crippen LogP contribution is 2.23. The Hall–Kier alpha value is -1.88. The van der Waals surface area contributed by atoms with E-state index in [1.54, 1.807) is 19.1 Å². The maximum absolute atomic E-state index is 11.5. The Morgan fingerprint density at radius 2 is 2.15 bits per heavy atom. The molecule has 0 amide bonds. The van der Waals surface area contributed by atoms with Gasteiger partial charge in [0.15, 0.2) is 0 Å². The molecule has 0 saturated carbocycles. The molecule has 0 bridgehead atoms. The van der Waals surface area contributed by atoms with E-state index in [1.165, 1.54) is 6.20 Å². The normalized spacial score (nSPS) is 10.2. The summed E-state index contributed by atoms with van der Waals surface area (Å²) in [6.45, 7) is 4.15. The summed E-state index contributed by atoms with van der Waals surface area (Å²) < 4.78 is 5.95. The molecule has 0 unspecified atom stereocenters. The summed E-state index contributed by atoms with van der Waals surface area (Å²) in [5.41, 5.74) is 2.53. The van der Waals surface area contributed by atoms with E-state index in [2.05, 4.69) is 26.2 Å². The SMILES string of the molecule is CCOC(=O)c1ccc(Nc2ccc(Br)cc2C)nc1. The molecule has 0 aliphatic heterocycles. The van der Waals surface area contributed by atoms with Crippen LogP contribution in [0.15, 0.2) is 41.0 Å². The third-order valence-corrected chi connectivity index (χ3v) is 3.22. The standard InChI is InChI=1S/C15H15BrN2O2/c1-3-20-15(19)11-4-7-14(17-9-11)18-13-6-5-12(16)8-10(13)2/h4-9H,3H2,1-2H3,(H,17,18). The Morgan fingerprint density at radius 3 is 2.75 bits per heavy atom. The number of nitrogens with one attached hydrogen (secondary N) is 1. The molecular weight excluding hydrogens is 320 g/mol. The number of pyridine rings is 1. The number of rotatable bonds is 4. The molecule has 0 radical (unpaired) electrons. The number of anilines is 2. The van der Waals surface area contributed by atoms with Crippen LogP contribution < -0.4 is 5.32 Å². The average molecular weight is 335 g/mol. The van der Waals surface area contributed by atoms with E-state index in [0.717, 1.165) is 15.7 Å². The fourth-order valence-corrected chi connectivity index (χ4v) is 2.18. The quantitative estimate of drug-likeness (QED) is 0.856. The number of esters is 1. The molecule has 20 heavy (non-hydrogen) atoms. The van der Waals surface area contributed by atoms with E-state index in [1.807, 2.05) is 25.1 Å². The molecule has 0 spiro atoms. The highest BCUT2D eigenvalue weighted by molar-refractivity contribution is 9.10. The van der Waals surface area contributed by atoms with E-state index in [4.69, 9.17) is 4.74 Å². The van der Waals surface area contributed by atoms with Gasteiger partial charge in [-0.2, -0.15) is 0 Å². The molecule has 0 aliphatic rings. The van der Waals surface area contributed by atoms with Crippen molar-refractivity contribution in [2.75, 3.05) is 11.9 Å². The number of benzene rings is 1. The first kappa shape index (κ1) is 14.5. The molecule has 2 rings (SSSR count). The highest BCUT2D eigenvalue weighted by atomic mass is 79.9. The van der Waals surface area contributed by atoms with Crippen LogP contribution in [0.5, 0.6) is 0 Å². The van der Waals surface area contributed by atoms with Crippen molar-refractivity contribution in [2.45, 2.75) is 13.8 Å². The summed E-state index contributed by atoms with van der Waals surface area (Å²) in [6, 6.07) is 9.41. The summed E-state index contributed by atoms with van der Waals surface area (Å²) in [7, 11) is 0. The average Bonchev–Trinajstić information content (AvgIpc) is 2.43. The van der Waals surface area contributed by atoms with Gasteiger partial charge < -0.3 is 10.1 Å². The van der Waals surface area contributed by atoms with Gasteiger partial charge in [0, 0.05) is 16.4 Å². The van der Waals surface area contributed by atoms with E-state index < -0.39 is 0 Å². The molecule has 4 nitrogen and oxygen atoms in total. The zero-order valence-corrected chi connectivity index (χ0v) is 12.9. The number of hydrogen-bond donors (Lipinski definition) is 1. The molecule has 0 aliphatic carbocycles. The van der Waals surface area contributed by atoms with Gasteiger partial charge in [0.2, 0.25) is 0 Å². The summed E-state index contributed by atoms with van der Waals surface area (Å²) >= 11 is 3.43. The molecule has 1 aromatic heterocycles. The molecule has 1 heterocycles. The number of halogens is 1. The number of ether oxygens (including phenoxy) is 1. The zero-order valence-electron chi connectivity index (χ0n) is 11.3. The number of nitrogens with zero attached hydrogens (tertiary/aromatic N) is 1. The van der Waals surface area contributed by atoms with Crippen molar-refractivity contribution in [3.63, 3.8) is 0 Å². The lowest BCUT2D eigenvalue weighted by Crippen LogP contribution is -2.05. The Labute approximate surface area is 126 Å². The van der Waals surface area contributed by atoms with Crippen molar-refractivity contribution in [1.29, 1.82) is 0 Å². The highest BCUT2D eigenvalue weighted by Gasteiger charge is 2.07. The molecule has 2 aromatic rings. The zero-order chi connectivity index (χ0) is 14.5. The second kappa shape index (κ2) is 6.52. The number of carbonyl (C=O) groups is 1. The van der Waals surface area contributed by atoms with Gasteiger partial charge in [-0.25, -0.2) is 9.78 Å². The topological polar surface area (TPSA) is 51.2 Å². The largest absolute Gasteiger partial charge is 0.462 e. The molecule has 5 heteroatoms. The number of aryl methyl sites for hydroxylation is 1. The van der Waals surface area contributed by atoms with Crippen LogP contribution in [0.4, 0.5) is 11.5 Å². The second-order valence-electron chi connectivity index (χ2n) is 4.24. The minimum Gasteiger partial charge on any atom is -0.462 e. The van der Waals surface area contributed by atoms with Crippen LogP contribution >= 0.6 is 15.9 Å². The summed E-state index contributed by atoms with van der Waals surface area (Å²) in [5, 5.41) is 3.21. The van der Waals surface area contributed by atoms with E-state index in [0.29, 0.717) is 18.0 Å². The van der Waals surface area contributed by atoms with Crippen LogP contribution in [-0.4, -0.2) is 17.6 Å². The van der Waals surface area contributed by atoms with E-state index in [-0.39, 0.29) is 5.97 Å². The summed E-state index contributed by atoms with van der Waals surface area (Å²) in [4.78, 5) is 15.7. The molecule has 104 valence electrons. The molecule has 0 saturated heterocycles.